The molecule has 162 valence electrons. The van der Waals surface area contributed by atoms with Gasteiger partial charge >= 0.3 is 0 Å². The fourth-order valence-corrected chi connectivity index (χ4v) is 5.19. The van der Waals surface area contributed by atoms with Gasteiger partial charge in [-0.15, -0.1) is 0 Å². The third kappa shape index (κ3) is 5.40. The summed E-state index contributed by atoms with van der Waals surface area (Å²) in [6.45, 7) is 7.64. The zero-order chi connectivity index (χ0) is 21.7. The fourth-order valence-electron chi connectivity index (χ4n) is 3.20. The number of ether oxygens (including phenoxy) is 1. The summed E-state index contributed by atoms with van der Waals surface area (Å²) < 4.78 is 31.9. The Morgan fingerprint density at radius 2 is 1.97 bits per heavy atom. The minimum atomic E-state index is -3.57. The second kappa shape index (κ2) is 9.91. The Morgan fingerprint density at radius 1 is 1.23 bits per heavy atom. The Kier molecular flexibility index (Phi) is 7.51. The maximum atomic E-state index is 12.6. The molecule has 1 aliphatic heterocycles. The second-order valence-electron chi connectivity index (χ2n) is 7.38. The van der Waals surface area contributed by atoms with Gasteiger partial charge in [0.05, 0.1) is 24.0 Å². The number of nitrogens with zero attached hydrogens (tertiary/aromatic N) is 2. The van der Waals surface area contributed by atoms with Gasteiger partial charge in [0.25, 0.3) is 0 Å². The molecule has 0 unspecified atom stereocenters. The Morgan fingerprint density at radius 3 is 2.60 bits per heavy atom. The van der Waals surface area contributed by atoms with E-state index in [0.717, 1.165) is 16.8 Å². The van der Waals surface area contributed by atoms with Crippen LogP contribution in [0, 0.1) is 6.92 Å². The van der Waals surface area contributed by atoms with E-state index < -0.39 is 10.0 Å². The molecular weight excluding hydrogens is 422 g/mol. The van der Waals surface area contributed by atoms with Gasteiger partial charge in [0, 0.05) is 25.0 Å². The number of amides is 1. The Hall–Kier alpha value is -1.94. The number of carbonyl (C=O) groups is 1. The quantitative estimate of drug-likeness (QED) is 0.653. The van der Waals surface area contributed by atoms with Gasteiger partial charge in [0.15, 0.2) is 0 Å². The van der Waals surface area contributed by atoms with Gasteiger partial charge in [-0.2, -0.15) is 4.31 Å². The van der Waals surface area contributed by atoms with Crippen LogP contribution in [0.1, 0.15) is 30.9 Å². The molecule has 2 aromatic rings. The van der Waals surface area contributed by atoms with Crippen molar-refractivity contribution in [1.82, 2.24) is 9.29 Å². The van der Waals surface area contributed by atoms with Crippen molar-refractivity contribution in [2.45, 2.75) is 36.6 Å². The van der Waals surface area contributed by atoms with Crippen LogP contribution < -0.4 is 5.32 Å². The van der Waals surface area contributed by atoms with Crippen LogP contribution >= 0.6 is 11.8 Å². The topological polar surface area (TPSA) is 88.6 Å². The largest absolute Gasteiger partial charge is 0.379 e. The molecule has 0 saturated carbocycles. The van der Waals surface area contributed by atoms with Gasteiger partial charge in [-0.3, -0.25) is 4.79 Å². The highest BCUT2D eigenvalue weighted by Gasteiger charge is 2.26. The van der Waals surface area contributed by atoms with Crippen LogP contribution in [0.5, 0.6) is 0 Å². The number of para-hydroxylation sites is 1. The molecule has 1 fully saturated rings. The van der Waals surface area contributed by atoms with Crippen LogP contribution in [0.3, 0.4) is 0 Å². The van der Waals surface area contributed by atoms with E-state index in [9.17, 15) is 13.2 Å². The fraction of sp³-hybridized carbons (Fsp3) is 0.429. The number of aryl methyl sites for hydroxylation is 1. The molecular formula is C21H27N3O4S2. The smallest absolute Gasteiger partial charge is 0.244 e. The number of aromatic nitrogens is 1. The molecule has 1 aromatic heterocycles. The summed E-state index contributed by atoms with van der Waals surface area (Å²) in [5, 5.41) is 3.60. The summed E-state index contributed by atoms with van der Waals surface area (Å²) in [6.07, 6.45) is 1.35. The summed E-state index contributed by atoms with van der Waals surface area (Å²) in [5.74, 6) is 0.368. The van der Waals surface area contributed by atoms with Crippen LogP contribution in [-0.4, -0.2) is 55.7 Å². The van der Waals surface area contributed by atoms with Crippen molar-refractivity contribution in [2.24, 2.45) is 0 Å². The van der Waals surface area contributed by atoms with Crippen LogP contribution in [0.15, 0.2) is 46.5 Å². The zero-order valence-corrected chi connectivity index (χ0v) is 19.1. The molecule has 1 aromatic carbocycles. The first-order chi connectivity index (χ1) is 14.3. The number of pyridine rings is 1. The van der Waals surface area contributed by atoms with Crippen molar-refractivity contribution in [1.29, 1.82) is 0 Å². The predicted molar refractivity (Wildman–Crippen MR) is 118 cm³/mol. The molecule has 7 nitrogen and oxygen atoms in total. The van der Waals surface area contributed by atoms with E-state index in [-0.39, 0.29) is 16.6 Å². The summed E-state index contributed by atoms with van der Waals surface area (Å²) in [7, 11) is -3.57. The summed E-state index contributed by atoms with van der Waals surface area (Å²) in [6, 6.07) is 9.17. The molecule has 0 atom stereocenters. The average molecular weight is 450 g/mol. The second-order valence-corrected chi connectivity index (χ2v) is 10.3. The van der Waals surface area contributed by atoms with Gasteiger partial charge in [-0.1, -0.05) is 43.8 Å². The molecule has 2 heterocycles. The number of rotatable bonds is 7. The lowest BCUT2D eigenvalue weighted by atomic mass is 9.98. The van der Waals surface area contributed by atoms with E-state index in [1.54, 1.807) is 6.07 Å². The SMILES string of the molecule is Cc1cccc(C(C)C)c1NC(=O)CSc1ccc(S(=O)(=O)N2CCOCC2)cn1. The van der Waals surface area contributed by atoms with Gasteiger partial charge in [0.2, 0.25) is 15.9 Å². The third-order valence-corrected chi connectivity index (χ3v) is 7.69. The normalized spacial score (nSPS) is 15.3. The first-order valence-electron chi connectivity index (χ1n) is 9.85. The molecule has 9 heteroatoms. The summed E-state index contributed by atoms with van der Waals surface area (Å²) in [4.78, 5) is 16.9. The Balaban J connectivity index is 1.61. The molecule has 0 bridgehead atoms. The monoisotopic (exact) mass is 449 g/mol. The van der Waals surface area contributed by atoms with E-state index in [1.807, 2.05) is 25.1 Å². The molecule has 30 heavy (non-hydrogen) atoms. The number of nitrogens with one attached hydrogen (secondary N) is 1. The average Bonchev–Trinajstić information content (AvgIpc) is 2.74. The standard InChI is InChI=1S/C21H27N3O4S2/c1-15(2)18-6-4-5-16(3)21(18)23-19(25)14-29-20-8-7-17(13-22-20)30(26,27)24-9-11-28-12-10-24/h4-8,13,15H,9-12,14H2,1-3H3,(H,23,25). The van der Waals surface area contributed by atoms with E-state index in [1.165, 1.54) is 28.3 Å². The number of hydrogen-bond donors (Lipinski definition) is 1. The number of anilines is 1. The molecule has 1 N–H and O–H groups in total. The Labute approximate surface area is 182 Å². The van der Waals surface area contributed by atoms with E-state index in [4.69, 9.17) is 4.74 Å². The first-order valence-corrected chi connectivity index (χ1v) is 12.3. The minimum absolute atomic E-state index is 0.122. The minimum Gasteiger partial charge on any atom is -0.379 e. The number of carbonyl (C=O) groups excluding carboxylic acids is 1. The lowest BCUT2D eigenvalue weighted by Gasteiger charge is -2.25. The van der Waals surface area contributed by atoms with Crippen LogP contribution in [0.4, 0.5) is 5.69 Å². The molecule has 1 aliphatic rings. The van der Waals surface area contributed by atoms with Gasteiger partial charge in [-0.25, -0.2) is 13.4 Å². The van der Waals surface area contributed by atoms with Gasteiger partial charge < -0.3 is 10.1 Å². The van der Waals surface area contributed by atoms with Crippen molar-refractivity contribution in [3.63, 3.8) is 0 Å². The van der Waals surface area contributed by atoms with Gasteiger partial charge in [0.1, 0.15) is 4.90 Å². The van der Waals surface area contributed by atoms with Crippen LogP contribution in [0.2, 0.25) is 0 Å². The van der Waals surface area contributed by atoms with E-state index in [2.05, 4.69) is 24.1 Å². The third-order valence-electron chi connectivity index (χ3n) is 4.86. The number of benzene rings is 1. The summed E-state index contributed by atoms with van der Waals surface area (Å²) >= 11 is 1.27. The summed E-state index contributed by atoms with van der Waals surface area (Å²) in [5.41, 5.74) is 2.98. The van der Waals surface area contributed by atoms with Crippen LogP contribution in [-0.2, 0) is 19.6 Å². The molecule has 3 rings (SSSR count). The van der Waals surface area contributed by atoms with Crippen molar-refractivity contribution in [3.05, 3.63) is 47.7 Å². The van der Waals surface area contributed by atoms with Gasteiger partial charge in [-0.05, 0) is 36.1 Å². The van der Waals surface area contributed by atoms with Crippen LogP contribution in [0.25, 0.3) is 0 Å². The maximum Gasteiger partial charge on any atom is 0.244 e. The van der Waals surface area contributed by atoms with Crippen molar-refractivity contribution < 1.29 is 17.9 Å². The Bertz CT molecular complexity index is 986. The number of morpholine rings is 1. The van der Waals surface area contributed by atoms with Crippen molar-refractivity contribution in [3.8, 4) is 0 Å². The first kappa shape index (κ1) is 22.7. The maximum absolute atomic E-state index is 12.6. The molecule has 0 radical (unpaired) electrons. The number of thioether (sulfide) groups is 1. The molecule has 0 spiro atoms. The molecule has 1 saturated heterocycles. The lowest BCUT2D eigenvalue weighted by molar-refractivity contribution is -0.113. The van der Waals surface area contributed by atoms with E-state index in [0.29, 0.717) is 37.2 Å². The number of sulfonamides is 1. The molecule has 1 amide bonds. The lowest BCUT2D eigenvalue weighted by Crippen LogP contribution is -2.40. The highest BCUT2D eigenvalue weighted by molar-refractivity contribution is 7.99. The van der Waals surface area contributed by atoms with E-state index >= 15 is 0 Å². The number of hydrogen-bond acceptors (Lipinski definition) is 6. The highest BCUT2D eigenvalue weighted by atomic mass is 32.2. The predicted octanol–water partition coefficient (Wildman–Crippen LogP) is 3.27. The molecule has 0 aliphatic carbocycles. The van der Waals surface area contributed by atoms with Crippen molar-refractivity contribution in [2.75, 3.05) is 37.4 Å². The zero-order valence-electron chi connectivity index (χ0n) is 17.4. The highest BCUT2D eigenvalue weighted by Crippen LogP contribution is 2.28. The van der Waals surface area contributed by atoms with Crippen molar-refractivity contribution >= 4 is 33.4 Å².